The molecule has 1 heterocycles. The lowest BCUT2D eigenvalue weighted by molar-refractivity contribution is 0.239. The average Bonchev–Trinajstić information content (AvgIpc) is 2.96. The van der Waals surface area contributed by atoms with E-state index >= 15 is 0 Å². The largest absolute Gasteiger partial charge is 0.467 e. The normalized spacial score (nSPS) is 10.2. The van der Waals surface area contributed by atoms with Crippen molar-refractivity contribution in [3.05, 3.63) is 59.5 Å². The average molecular weight is 258 g/mol. The maximum absolute atomic E-state index is 11.6. The minimum atomic E-state index is -0.198. The zero-order valence-electron chi connectivity index (χ0n) is 11.0. The molecule has 0 aliphatic rings. The molecule has 0 aliphatic heterocycles. The lowest BCUT2D eigenvalue weighted by Crippen LogP contribution is -2.34. The molecule has 0 aliphatic carbocycles. The van der Waals surface area contributed by atoms with Gasteiger partial charge in [-0.2, -0.15) is 0 Å². The minimum Gasteiger partial charge on any atom is -0.467 e. The Morgan fingerprint density at radius 1 is 1.05 bits per heavy atom. The third-order valence-corrected chi connectivity index (χ3v) is 2.89. The van der Waals surface area contributed by atoms with Crippen molar-refractivity contribution in [2.24, 2.45) is 0 Å². The lowest BCUT2D eigenvalue weighted by atomic mass is 10.1. The molecule has 2 N–H and O–H groups in total. The molecular weight excluding hydrogens is 240 g/mol. The van der Waals surface area contributed by atoms with Crippen molar-refractivity contribution < 1.29 is 9.21 Å². The van der Waals surface area contributed by atoms with Crippen LogP contribution in [0.15, 0.2) is 47.1 Å². The third-order valence-electron chi connectivity index (χ3n) is 2.89. The van der Waals surface area contributed by atoms with E-state index in [1.165, 1.54) is 5.56 Å². The van der Waals surface area contributed by atoms with Crippen molar-refractivity contribution in [1.29, 1.82) is 0 Å². The SMILES string of the molecule is CCc1ccc(CNC(=O)NCc2ccco2)cc1. The minimum absolute atomic E-state index is 0.198. The van der Waals surface area contributed by atoms with Crippen LogP contribution in [0.5, 0.6) is 0 Å². The van der Waals surface area contributed by atoms with Gasteiger partial charge >= 0.3 is 6.03 Å². The van der Waals surface area contributed by atoms with Gasteiger partial charge in [0.05, 0.1) is 12.8 Å². The lowest BCUT2D eigenvalue weighted by Gasteiger charge is -2.07. The molecule has 0 bridgehead atoms. The second kappa shape index (κ2) is 6.64. The summed E-state index contributed by atoms with van der Waals surface area (Å²) in [7, 11) is 0. The van der Waals surface area contributed by atoms with E-state index in [0.29, 0.717) is 13.1 Å². The predicted octanol–water partition coefficient (Wildman–Crippen LogP) is 2.84. The van der Waals surface area contributed by atoms with Gasteiger partial charge in [0.1, 0.15) is 5.76 Å². The Kier molecular flexibility index (Phi) is 4.61. The van der Waals surface area contributed by atoms with E-state index in [4.69, 9.17) is 4.42 Å². The molecule has 2 amide bonds. The number of benzene rings is 1. The van der Waals surface area contributed by atoms with Crippen molar-refractivity contribution in [2.45, 2.75) is 26.4 Å². The highest BCUT2D eigenvalue weighted by Gasteiger charge is 2.02. The maximum atomic E-state index is 11.6. The van der Waals surface area contributed by atoms with E-state index in [9.17, 15) is 4.79 Å². The summed E-state index contributed by atoms with van der Waals surface area (Å²) >= 11 is 0. The first-order valence-corrected chi connectivity index (χ1v) is 6.40. The molecule has 4 heteroatoms. The number of nitrogens with one attached hydrogen (secondary N) is 2. The molecule has 2 rings (SSSR count). The number of hydrogen-bond acceptors (Lipinski definition) is 2. The van der Waals surface area contributed by atoms with E-state index < -0.39 is 0 Å². The molecular formula is C15H18N2O2. The molecule has 0 atom stereocenters. The maximum Gasteiger partial charge on any atom is 0.315 e. The van der Waals surface area contributed by atoms with Gasteiger partial charge in [-0.3, -0.25) is 0 Å². The summed E-state index contributed by atoms with van der Waals surface area (Å²) in [5.74, 6) is 0.738. The molecule has 0 spiro atoms. The van der Waals surface area contributed by atoms with Crippen LogP contribution in [0.25, 0.3) is 0 Å². The van der Waals surface area contributed by atoms with Gasteiger partial charge in [-0.1, -0.05) is 31.2 Å². The Morgan fingerprint density at radius 2 is 1.74 bits per heavy atom. The van der Waals surface area contributed by atoms with Crippen molar-refractivity contribution in [3.8, 4) is 0 Å². The molecule has 0 saturated heterocycles. The van der Waals surface area contributed by atoms with Crippen LogP contribution in [0.2, 0.25) is 0 Å². The zero-order chi connectivity index (χ0) is 13.5. The topological polar surface area (TPSA) is 54.3 Å². The monoisotopic (exact) mass is 258 g/mol. The van der Waals surface area contributed by atoms with Gasteiger partial charge in [0.25, 0.3) is 0 Å². The Hall–Kier alpha value is -2.23. The number of carbonyl (C=O) groups is 1. The van der Waals surface area contributed by atoms with Crippen LogP contribution >= 0.6 is 0 Å². The Morgan fingerprint density at radius 3 is 2.37 bits per heavy atom. The summed E-state index contributed by atoms with van der Waals surface area (Å²) in [6, 6.07) is 11.6. The number of furan rings is 1. The fourth-order valence-corrected chi connectivity index (χ4v) is 1.72. The standard InChI is InChI=1S/C15H18N2O2/c1-2-12-5-7-13(8-6-12)10-16-15(18)17-11-14-4-3-9-19-14/h3-9H,2,10-11H2,1H3,(H2,16,17,18). The summed E-state index contributed by atoms with van der Waals surface area (Å²) in [6.45, 7) is 3.04. The van der Waals surface area contributed by atoms with Crippen molar-refractivity contribution in [2.75, 3.05) is 0 Å². The third kappa shape index (κ3) is 4.17. The van der Waals surface area contributed by atoms with E-state index in [2.05, 4.69) is 29.7 Å². The second-order valence-electron chi connectivity index (χ2n) is 4.29. The van der Waals surface area contributed by atoms with E-state index in [0.717, 1.165) is 17.7 Å². The van der Waals surface area contributed by atoms with Gasteiger partial charge in [-0.05, 0) is 29.7 Å². The highest BCUT2D eigenvalue weighted by molar-refractivity contribution is 5.73. The Labute approximate surface area is 112 Å². The predicted molar refractivity (Wildman–Crippen MR) is 73.6 cm³/mol. The highest BCUT2D eigenvalue weighted by Crippen LogP contribution is 2.04. The number of rotatable bonds is 5. The first-order valence-electron chi connectivity index (χ1n) is 6.40. The first kappa shape index (κ1) is 13.2. The summed E-state index contributed by atoms with van der Waals surface area (Å²) < 4.78 is 5.13. The fraction of sp³-hybridized carbons (Fsp3) is 0.267. The molecule has 0 fully saturated rings. The van der Waals surface area contributed by atoms with Crippen molar-refractivity contribution in [3.63, 3.8) is 0 Å². The summed E-state index contributed by atoms with van der Waals surface area (Å²) in [6.07, 6.45) is 2.61. The first-order chi connectivity index (χ1) is 9.28. The van der Waals surface area contributed by atoms with Crippen LogP contribution in [0.3, 0.4) is 0 Å². The molecule has 0 saturated carbocycles. The molecule has 19 heavy (non-hydrogen) atoms. The number of hydrogen-bond donors (Lipinski definition) is 2. The Bertz CT molecular complexity index is 503. The van der Waals surface area contributed by atoms with E-state index in [1.54, 1.807) is 12.3 Å². The Balaban J connectivity index is 1.73. The number of carbonyl (C=O) groups excluding carboxylic acids is 1. The molecule has 100 valence electrons. The van der Waals surface area contributed by atoms with Crippen LogP contribution in [0, 0.1) is 0 Å². The fourth-order valence-electron chi connectivity index (χ4n) is 1.72. The number of aryl methyl sites for hydroxylation is 1. The van der Waals surface area contributed by atoms with Crippen LogP contribution < -0.4 is 10.6 Å². The summed E-state index contributed by atoms with van der Waals surface area (Å²) in [5.41, 5.74) is 2.39. The smallest absolute Gasteiger partial charge is 0.315 e. The quantitative estimate of drug-likeness (QED) is 0.866. The summed E-state index contributed by atoms with van der Waals surface area (Å²) in [5, 5.41) is 5.54. The summed E-state index contributed by atoms with van der Waals surface area (Å²) in [4.78, 5) is 11.6. The molecule has 1 aromatic carbocycles. The van der Waals surface area contributed by atoms with Gasteiger partial charge in [0.2, 0.25) is 0 Å². The molecule has 0 unspecified atom stereocenters. The molecule has 4 nitrogen and oxygen atoms in total. The van der Waals surface area contributed by atoms with Gasteiger partial charge in [-0.15, -0.1) is 0 Å². The number of amides is 2. The highest BCUT2D eigenvalue weighted by atomic mass is 16.3. The zero-order valence-corrected chi connectivity index (χ0v) is 11.0. The van der Waals surface area contributed by atoms with Crippen LogP contribution in [-0.4, -0.2) is 6.03 Å². The van der Waals surface area contributed by atoms with E-state index in [1.807, 2.05) is 18.2 Å². The molecule has 1 aromatic heterocycles. The number of urea groups is 1. The van der Waals surface area contributed by atoms with Crippen LogP contribution in [-0.2, 0) is 19.5 Å². The van der Waals surface area contributed by atoms with Gasteiger partial charge < -0.3 is 15.1 Å². The van der Waals surface area contributed by atoms with Crippen molar-refractivity contribution in [1.82, 2.24) is 10.6 Å². The van der Waals surface area contributed by atoms with Gasteiger partial charge in [0, 0.05) is 6.54 Å². The van der Waals surface area contributed by atoms with Gasteiger partial charge in [0.15, 0.2) is 0 Å². The van der Waals surface area contributed by atoms with Crippen molar-refractivity contribution >= 4 is 6.03 Å². The second-order valence-corrected chi connectivity index (χ2v) is 4.29. The molecule has 0 radical (unpaired) electrons. The van der Waals surface area contributed by atoms with E-state index in [-0.39, 0.29) is 6.03 Å². The van der Waals surface area contributed by atoms with Crippen LogP contribution in [0.1, 0.15) is 23.8 Å². The van der Waals surface area contributed by atoms with Gasteiger partial charge in [-0.25, -0.2) is 4.79 Å². The molecule has 2 aromatic rings. The van der Waals surface area contributed by atoms with Crippen LogP contribution in [0.4, 0.5) is 4.79 Å².